The van der Waals surface area contributed by atoms with Crippen LogP contribution in [0.2, 0.25) is 5.02 Å². The number of amides is 1. The van der Waals surface area contributed by atoms with Gasteiger partial charge in [-0.3, -0.25) is 14.7 Å². The van der Waals surface area contributed by atoms with E-state index in [1.807, 2.05) is 12.1 Å². The van der Waals surface area contributed by atoms with Crippen LogP contribution in [0.25, 0.3) is 0 Å². The van der Waals surface area contributed by atoms with Crippen LogP contribution in [0.3, 0.4) is 0 Å². The Kier molecular flexibility index (Phi) is 10.5. The average Bonchev–Trinajstić information content (AvgIpc) is 3.51. The number of carbonyl (C=O) groups is 1. The van der Waals surface area contributed by atoms with Crippen molar-refractivity contribution in [3.8, 4) is 0 Å². The molecule has 29 heavy (non-hydrogen) atoms. The van der Waals surface area contributed by atoms with E-state index < -0.39 is 0 Å². The van der Waals surface area contributed by atoms with Crippen LogP contribution < -0.4 is 10.6 Å². The lowest BCUT2D eigenvalue weighted by Crippen LogP contribution is -2.52. The molecule has 0 atom stereocenters. The maximum Gasteiger partial charge on any atom is 0.220 e. The molecular weight excluding hydrogens is 501 g/mol. The number of nitrogens with one attached hydrogen (secondary N) is 2. The van der Waals surface area contributed by atoms with Crippen molar-refractivity contribution in [1.82, 2.24) is 20.4 Å². The van der Waals surface area contributed by atoms with Gasteiger partial charge in [0.2, 0.25) is 5.91 Å². The minimum absolute atomic E-state index is 0. The number of rotatable bonds is 8. The van der Waals surface area contributed by atoms with E-state index >= 15 is 0 Å². The highest BCUT2D eigenvalue weighted by molar-refractivity contribution is 14.0. The van der Waals surface area contributed by atoms with Crippen LogP contribution in [-0.2, 0) is 11.3 Å². The lowest BCUT2D eigenvalue weighted by molar-refractivity contribution is -0.121. The average molecular weight is 534 g/mol. The summed E-state index contributed by atoms with van der Waals surface area (Å²) in [4.78, 5) is 21.3. The molecule has 0 radical (unpaired) electrons. The summed E-state index contributed by atoms with van der Waals surface area (Å²) in [6.07, 6.45) is 3.63. The van der Waals surface area contributed by atoms with E-state index in [4.69, 9.17) is 16.6 Å². The molecule has 2 fully saturated rings. The quantitative estimate of drug-likeness (QED) is 0.233. The molecule has 1 heterocycles. The second-order valence-corrected chi connectivity index (χ2v) is 8.01. The molecular formula is C21H33ClIN5O. The zero-order chi connectivity index (χ0) is 19.8. The molecule has 0 aromatic heterocycles. The van der Waals surface area contributed by atoms with Crippen molar-refractivity contribution >= 4 is 47.4 Å². The minimum Gasteiger partial charge on any atom is -0.357 e. The molecule has 1 aliphatic heterocycles. The summed E-state index contributed by atoms with van der Waals surface area (Å²) in [5.41, 5.74) is 1.29. The monoisotopic (exact) mass is 533 g/mol. The van der Waals surface area contributed by atoms with Crippen LogP contribution in [-0.4, -0.2) is 67.0 Å². The second-order valence-electron chi connectivity index (χ2n) is 7.57. The molecule has 0 bridgehead atoms. The molecule has 2 N–H and O–H groups in total. The Morgan fingerprint density at radius 1 is 1.17 bits per heavy atom. The summed E-state index contributed by atoms with van der Waals surface area (Å²) < 4.78 is 0. The van der Waals surface area contributed by atoms with Gasteiger partial charge in [0, 0.05) is 63.3 Å². The molecule has 1 aromatic rings. The number of hydrogen-bond acceptors (Lipinski definition) is 3. The highest BCUT2D eigenvalue weighted by Crippen LogP contribution is 2.18. The summed E-state index contributed by atoms with van der Waals surface area (Å²) in [6.45, 7) is 8.53. The smallest absolute Gasteiger partial charge is 0.220 e. The van der Waals surface area contributed by atoms with Crippen molar-refractivity contribution in [2.75, 3.05) is 39.3 Å². The van der Waals surface area contributed by atoms with E-state index in [0.29, 0.717) is 19.0 Å². The summed E-state index contributed by atoms with van der Waals surface area (Å²) >= 11 is 5.97. The van der Waals surface area contributed by atoms with Gasteiger partial charge in [-0.1, -0.05) is 23.7 Å². The van der Waals surface area contributed by atoms with Gasteiger partial charge in [-0.2, -0.15) is 0 Å². The van der Waals surface area contributed by atoms with E-state index in [1.165, 1.54) is 5.56 Å². The lowest BCUT2D eigenvalue weighted by atomic mass is 10.2. The Morgan fingerprint density at radius 3 is 2.48 bits per heavy atom. The molecule has 1 amide bonds. The number of nitrogens with zero attached hydrogens (tertiary/aromatic N) is 3. The number of halogens is 2. The largest absolute Gasteiger partial charge is 0.357 e. The van der Waals surface area contributed by atoms with Gasteiger partial charge in [0.25, 0.3) is 0 Å². The van der Waals surface area contributed by atoms with E-state index in [1.54, 1.807) is 0 Å². The molecule has 6 nitrogen and oxygen atoms in total. The lowest BCUT2D eigenvalue weighted by Gasteiger charge is -2.36. The molecule has 1 saturated carbocycles. The molecule has 1 aliphatic carbocycles. The first kappa shape index (κ1) is 24.2. The fraction of sp³-hybridized carbons (Fsp3) is 0.619. The van der Waals surface area contributed by atoms with E-state index in [0.717, 1.165) is 69.5 Å². The van der Waals surface area contributed by atoms with E-state index in [2.05, 4.69) is 39.5 Å². The van der Waals surface area contributed by atoms with Gasteiger partial charge in [-0.05, 0) is 43.9 Å². The molecule has 1 aromatic carbocycles. The standard InChI is InChI=1S/C21H32ClN5O.HI/c1-2-23-21(24-11-3-4-20(28)25-19-9-10-19)27-14-12-26(13-15-27)16-17-5-7-18(22)8-6-17;/h5-8,19H,2-4,9-16H2,1H3,(H,23,24)(H,25,28);1H. The third kappa shape index (κ3) is 8.68. The first-order valence-corrected chi connectivity index (χ1v) is 10.8. The van der Waals surface area contributed by atoms with Crippen molar-refractivity contribution in [2.24, 2.45) is 4.99 Å². The zero-order valence-electron chi connectivity index (χ0n) is 17.2. The van der Waals surface area contributed by atoms with Crippen LogP contribution in [0.4, 0.5) is 0 Å². The normalized spacial score (nSPS) is 17.6. The van der Waals surface area contributed by atoms with Gasteiger partial charge < -0.3 is 15.5 Å². The molecule has 3 rings (SSSR count). The Hall–Kier alpha value is -1.06. The van der Waals surface area contributed by atoms with Gasteiger partial charge in [0.15, 0.2) is 5.96 Å². The Morgan fingerprint density at radius 2 is 1.86 bits per heavy atom. The predicted molar refractivity (Wildman–Crippen MR) is 130 cm³/mol. The van der Waals surface area contributed by atoms with Gasteiger partial charge in [-0.15, -0.1) is 24.0 Å². The summed E-state index contributed by atoms with van der Waals surface area (Å²) in [5.74, 6) is 1.13. The highest BCUT2D eigenvalue weighted by Gasteiger charge is 2.23. The molecule has 2 aliphatic rings. The maximum absolute atomic E-state index is 11.8. The van der Waals surface area contributed by atoms with Crippen LogP contribution in [0, 0.1) is 0 Å². The fourth-order valence-electron chi connectivity index (χ4n) is 3.34. The molecule has 0 spiro atoms. The third-order valence-electron chi connectivity index (χ3n) is 5.09. The predicted octanol–water partition coefficient (Wildman–Crippen LogP) is 3.10. The second kappa shape index (κ2) is 12.6. The van der Waals surface area contributed by atoms with Crippen LogP contribution >= 0.6 is 35.6 Å². The zero-order valence-corrected chi connectivity index (χ0v) is 20.3. The number of hydrogen-bond donors (Lipinski definition) is 2. The number of carbonyl (C=O) groups excluding carboxylic acids is 1. The fourth-order valence-corrected chi connectivity index (χ4v) is 3.47. The summed E-state index contributed by atoms with van der Waals surface area (Å²) in [6, 6.07) is 8.54. The van der Waals surface area contributed by atoms with Gasteiger partial charge in [0.1, 0.15) is 0 Å². The van der Waals surface area contributed by atoms with Crippen molar-refractivity contribution in [3.63, 3.8) is 0 Å². The highest BCUT2D eigenvalue weighted by atomic mass is 127. The van der Waals surface area contributed by atoms with E-state index in [-0.39, 0.29) is 29.9 Å². The first-order chi connectivity index (χ1) is 13.6. The van der Waals surface area contributed by atoms with Crippen molar-refractivity contribution in [2.45, 2.75) is 45.2 Å². The minimum atomic E-state index is 0. The van der Waals surface area contributed by atoms with Crippen molar-refractivity contribution in [1.29, 1.82) is 0 Å². The Bertz CT molecular complexity index is 658. The Labute approximate surface area is 196 Å². The number of benzene rings is 1. The van der Waals surface area contributed by atoms with Crippen molar-refractivity contribution < 1.29 is 4.79 Å². The third-order valence-corrected chi connectivity index (χ3v) is 5.34. The maximum atomic E-state index is 11.8. The summed E-state index contributed by atoms with van der Waals surface area (Å²) in [5, 5.41) is 7.21. The van der Waals surface area contributed by atoms with Gasteiger partial charge >= 0.3 is 0 Å². The van der Waals surface area contributed by atoms with Crippen molar-refractivity contribution in [3.05, 3.63) is 34.9 Å². The van der Waals surface area contributed by atoms with E-state index in [9.17, 15) is 4.79 Å². The Balaban J connectivity index is 0.00000300. The summed E-state index contributed by atoms with van der Waals surface area (Å²) in [7, 11) is 0. The van der Waals surface area contributed by atoms with Crippen LogP contribution in [0.1, 0.15) is 38.2 Å². The molecule has 0 unspecified atom stereocenters. The van der Waals surface area contributed by atoms with Gasteiger partial charge in [-0.25, -0.2) is 0 Å². The molecule has 162 valence electrons. The SMILES string of the molecule is CCNC(=NCCCC(=O)NC1CC1)N1CCN(Cc2ccc(Cl)cc2)CC1.I. The molecule has 8 heteroatoms. The first-order valence-electron chi connectivity index (χ1n) is 10.4. The number of guanidine groups is 1. The molecule has 1 saturated heterocycles. The topological polar surface area (TPSA) is 60.0 Å². The van der Waals surface area contributed by atoms with Gasteiger partial charge in [0.05, 0.1) is 0 Å². The van der Waals surface area contributed by atoms with Crippen LogP contribution in [0.5, 0.6) is 0 Å². The number of piperazine rings is 1. The number of aliphatic imine (C=N–C) groups is 1. The van der Waals surface area contributed by atoms with Crippen LogP contribution in [0.15, 0.2) is 29.3 Å².